The molecule has 1 rings (SSSR count). The molecule has 7 heteroatoms. The van der Waals surface area contributed by atoms with Gasteiger partial charge in [-0.15, -0.1) is 0 Å². The van der Waals surface area contributed by atoms with E-state index in [1.807, 2.05) is 0 Å². The molecule has 0 aliphatic rings. The summed E-state index contributed by atoms with van der Waals surface area (Å²) in [5, 5.41) is 12.1. The lowest BCUT2D eigenvalue weighted by Gasteiger charge is -2.13. The van der Waals surface area contributed by atoms with Gasteiger partial charge in [0.15, 0.2) is 9.84 Å². The third-order valence-electron chi connectivity index (χ3n) is 2.19. The molecule has 0 bridgehead atoms. The Kier molecular flexibility index (Phi) is 4.18. The first-order valence-corrected chi connectivity index (χ1v) is 6.68. The van der Waals surface area contributed by atoms with Gasteiger partial charge in [-0.3, -0.25) is 0 Å². The molecule has 1 aromatic carbocycles. The molecule has 0 fully saturated rings. The van der Waals surface area contributed by atoms with Crippen molar-refractivity contribution >= 4 is 9.84 Å². The summed E-state index contributed by atoms with van der Waals surface area (Å²) < 4.78 is 49.4. The van der Waals surface area contributed by atoms with Gasteiger partial charge in [-0.05, 0) is 19.2 Å². The Hall–Kier alpha value is -1.05. The molecule has 0 spiro atoms. The lowest BCUT2D eigenvalue weighted by molar-refractivity contribution is 0.171. The van der Waals surface area contributed by atoms with E-state index < -0.39 is 32.5 Å². The van der Waals surface area contributed by atoms with Crippen molar-refractivity contribution < 1.29 is 22.3 Å². The van der Waals surface area contributed by atoms with Crippen molar-refractivity contribution in [2.45, 2.75) is 11.0 Å². The number of nitrogens with one attached hydrogen (secondary N) is 1. The van der Waals surface area contributed by atoms with Crippen LogP contribution in [0.2, 0.25) is 0 Å². The second-order valence-corrected chi connectivity index (χ2v) is 5.64. The molecule has 4 nitrogen and oxygen atoms in total. The summed E-state index contributed by atoms with van der Waals surface area (Å²) in [5.74, 6) is -2.02. The third kappa shape index (κ3) is 3.21. The summed E-state index contributed by atoms with van der Waals surface area (Å²) in [5.41, 5.74) is -0.375. The molecule has 17 heavy (non-hydrogen) atoms. The molecular formula is C10H13F2NO3S. The summed E-state index contributed by atoms with van der Waals surface area (Å²) in [6.07, 6.45) is -0.532. The number of aliphatic hydroxyl groups excluding tert-OH is 1. The van der Waals surface area contributed by atoms with Crippen molar-refractivity contribution in [1.82, 2.24) is 5.32 Å². The standard InChI is InChI=1S/C10H13F2NO3S/c1-13-5-8(14)7-3-6(11)4-9(10(7)12)17(2,15)16/h3-4,8,13-14H,5H2,1-2H3. The topological polar surface area (TPSA) is 66.4 Å². The molecule has 0 saturated carbocycles. The summed E-state index contributed by atoms with van der Waals surface area (Å²) in [7, 11) is -2.35. The van der Waals surface area contributed by atoms with Crippen molar-refractivity contribution in [1.29, 1.82) is 0 Å². The van der Waals surface area contributed by atoms with Gasteiger partial charge >= 0.3 is 0 Å². The molecule has 96 valence electrons. The number of hydrogen-bond acceptors (Lipinski definition) is 4. The monoisotopic (exact) mass is 265 g/mol. The summed E-state index contributed by atoms with van der Waals surface area (Å²) in [4.78, 5) is -0.748. The SMILES string of the molecule is CNCC(O)c1cc(F)cc(S(C)(=O)=O)c1F. The van der Waals surface area contributed by atoms with Crippen LogP contribution in [0.3, 0.4) is 0 Å². The highest BCUT2D eigenvalue weighted by Gasteiger charge is 2.22. The third-order valence-corrected chi connectivity index (χ3v) is 3.28. The summed E-state index contributed by atoms with van der Waals surface area (Å²) in [6, 6.07) is 1.38. The minimum Gasteiger partial charge on any atom is -0.387 e. The Morgan fingerprint density at radius 1 is 1.41 bits per heavy atom. The van der Waals surface area contributed by atoms with E-state index in [2.05, 4.69) is 5.32 Å². The van der Waals surface area contributed by atoms with Gasteiger partial charge in [0.05, 0.1) is 6.10 Å². The zero-order chi connectivity index (χ0) is 13.2. The van der Waals surface area contributed by atoms with Crippen molar-refractivity contribution in [2.75, 3.05) is 19.8 Å². The Labute approximate surface area is 98.2 Å². The average Bonchev–Trinajstić information content (AvgIpc) is 2.19. The number of likely N-dealkylation sites (N-methyl/N-ethyl adjacent to an activating group) is 1. The van der Waals surface area contributed by atoms with Crippen LogP contribution in [0.15, 0.2) is 17.0 Å². The summed E-state index contributed by atoms with van der Waals surface area (Å²) >= 11 is 0. The fourth-order valence-corrected chi connectivity index (χ4v) is 2.17. The first-order chi connectivity index (χ1) is 7.77. The fraction of sp³-hybridized carbons (Fsp3) is 0.400. The van der Waals surface area contributed by atoms with Crippen LogP contribution in [0, 0.1) is 11.6 Å². The van der Waals surface area contributed by atoms with Gasteiger partial charge in [0, 0.05) is 18.4 Å². The Morgan fingerprint density at radius 3 is 2.47 bits per heavy atom. The second kappa shape index (κ2) is 5.07. The van der Waals surface area contributed by atoms with Crippen molar-refractivity contribution in [3.8, 4) is 0 Å². The van der Waals surface area contributed by atoms with Gasteiger partial charge in [-0.2, -0.15) is 0 Å². The molecule has 0 amide bonds. The quantitative estimate of drug-likeness (QED) is 0.837. The molecule has 0 radical (unpaired) electrons. The average molecular weight is 265 g/mol. The van der Waals surface area contributed by atoms with Crippen molar-refractivity contribution in [2.24, 2.45) is 0 Å². The number of benzene rings is 1. The van der Waals surface area contributed by atoms with Crippen LogP contribution < -0.4 is 5.32 Å². The molecule has 0 aromatic heterocycles. The largest absolute Gasteiger partial charge is 0.387 e. The molecule has 0 aliphatic heterocycles. The maximum absolute atomic E-state index is 13.8. The molecule has 0 heterocycles. The lowest BCUT2D eigenvalue weighted by Crippen LogP contribution is -2.19. The van der Waals surface area contributed by atoms with Gasteiger partial charge in [0.1, 0.15) is 16.5 Å². The number of hydrogen-bond donors (Lipinski definition) is 2. The maximum atomic E-state index is 13.8. The highest BCUT2D eigenvalue weighted by molar-refractivity contribution is 7.90. The molecular weight excluding hydrogens is 252 g/mol. The van der Waals surface area contributed by atoms with Gasteiger partial charge < -0.3 is 10.4 Å². The van der Waals surface area contributed by atoms with E-state index in [4.69, 9.17) is 0 Å². The first-order valence-electron chi connectivity index (χ1n) is 4.79. The van der Waals surface area contributed by atoms with E-state index >= 15 is 0 Å². The minimum absolute atomic E-state index is 0.0103. The first kappa shape index (κ1) is 14.0. The number of aliphatic hydroxyl groups is 1. The van der Waals surface area contributed by atoms with Crippen LogP contribution in [0.25, 0.3) is 0 Å². The molecule has 2 N–H and O–H groups in total. The van der Waals surface area contributed by atoms with Crippen LogP contribution in [0.5, 0.6) is 0 Å². The van der Waals surface area contributed by atoms with E-state index in [1.165, 1.54) is 7.05 Å². The van der Waals surface area contributed by atoms with E-state index in [0.29, 0.717) is 6.07 Å². The smallest absolute Gasteiger partial charge is 0.178 e. The molecule has 1 unspecified atom stereocenters. The van der Waals surface area contributed by atoms with Crippen LogP contribution >= 0.6 is 0 Å². The maximum Gasteiger partial charge on any atom is 0.178 e. The highest BCUT2D eigenvalue weighted by atomic mass is 32.2. The van der Waals surface area contributed by atoms with Gasteiger partial charge in [-0.1, -0.05) is 0 Å². The van der Waals surface area contributed by atoms with Gasteiger partial charge in [0.25, 0.3) is 0 Å². The zero-order valence-corrected chi connectivity index (χ0v) is 10.2. The van der Waals surface area contributed by atoms with Crippen molar-refractivity contribution in [3.63, 3.8) is 0 Å². The molecule has 1 aromatic rings. The lowest BCUT2D eigenvalue weighted by atomic mass is 10.1. The van der Waals surface area contributed by atoms with Crippen LogP contribution in [-0.4, -0.2) is 33.4 Å². The van der Waals surface area contributed by atoms with E-state index in [1.54, 1.807) is 0 Å². The fourth-order valence-electron chi connectivity index (χ4n) is 1.40. The molecule has 0 aliphatic carbocycles. The Bertz CT molecular complexity index is 517. The molecule has 0 saturated heterocycles. The Morgan fingerprint density at radius 2 is 2.00 bits per heavy atom. The van der Waals surface area contributed by atoms with Crippen molar-refractivity contribution in [3.05, 3.63) is 29.3 Å². The number of rotatable bonds is 4. The summed E-state index contributed by atoms with van der Waals surface area (Å²) in [6.45, 7) is -0.0103. The van der Waals surface area contributed by atoms with E-state index in [-0.39, 0.29) is 12.1 Å². The van der Waals surface area contributed by atoms with Crippen LogP contribution in [0.1, 0.15) is 11.7 Å². The normalized spacial score (nSPS) is 13.7. The van der Waals surface area contributed by atoms with E-state index in [0.717, 1.165) is 12.3 Å². The van der Waals surface area contributed by atoms with Gasteiger partial charge in [0.2, 0.25) is 0 Å². The predicted octanol–water partition coefficient (Wildman–Crippen LogP) is 0.621. The minimum atomic E-state index is -3.87. The highest BCUT2D eigenvalue weighted by Crippen LogP contribution is 2.24. The van der Waals surface area contributed by atoms with Crippen LogP contribution in [0.4, 0.5) is 8.78 Å². The van der Waals surface area contributed by atoms with Gasteiger partial charge in [-0.25, -0.2) is 17.2 Å². The Balaban J connectivity index is 3.39. The van der Waals surface area contributed by atoms with Crippen LogP contribution in [-0.2, 0) is 9.84 Å². The second-order valence-electron chi connectivity index (χ2n) is 3.65. The van der Waals surface area contributed by atoms with E-state index in [9.17, 15) is 22.3 Å². The zero-order valence-electron chi connectivity index (χ0n) is 9.37. The number of sulfone groups is 1. The molecule has 1 atom stereocenters. The number of halogens is 2. The predicted molar refractivity (Wildman–Crippen MR) is 58.4 cm³/mol.